The molecule has 0 N–H and O–H groups in total. The fourth-order valence-corrected chi connectivity index (χ4v) is 4.88. The standard InChI is InChI=1S/C33H38O8/c1-23(33(35)36-3)29-31(39-20-26-15-9-5-10-16-26)32(40-21-27-17-11-6-12-18-27)30(28(41-29)22-37-24(2)34)38-19-25-13-7-4-8-14-25/h4-18,23,28-32H,19-22H2,1-3H3/t23-,28+,29?,30+,31-,32-/m0/s1. The summed E-state index contributed by atoms with van der Waals surface area (Å²) in [7, 11) is 1.34. The Morgan fingerprint density at radius 1 is 0.707 bits per heavy atom. The normalized spacial score (nSPS) is 23.0. The van der Waals surface area contributed by atoms with Gasteiger partial charge in [0.15, 0.2) is 0 Å². The minimum absolute atomic E-state index is 0.0736. The Hall–Kier alpha value is -3.56. The van der Waals surface area contributed by atoms with Crippen molar-refractivity contribution in [3.05, 3.63) is 108 Å². The third kappa shape index (κ3) is 8.71. The van der Waals surface area contributed by atoms with Crippen LogP contribution in [-0.2, 0) is 57.8 Å². The van der Waals surface area contributed by atoms with Crippen LogP contribution in [0.4, 0.5) is 0 Å². The van der Waals surface area contributed by atoms with Crippen LogP contribution in [0.3, 0.4) is 0 Å². The number of esters is 2. The molecule has 0 spiro atoms. The fraction of sp³-hybridized carbons (Fsp3) is 0.394. The molecule has 0 bridgehead atoms. The van der Waals surface area contributed by atoms with Crippen molar-refractivity contribution in [2.24, 2.45) is 5.92 Å². The minimum atomic E-state index is -0.760. The number of carbonyl (C=O) groups excluding carboxylic acids is 2. The Balaban J connectivity index is 1.69. The molecular formula is C33H38O8. The van der Waals surface area contributed by atoms with Gasteiger partial charge in [0.2, 0.25) is 0 Å². The minimum Gasteiger partial charge on any atom is -0.469 e. The van der Waals surface area contributed by atoms with Gasteiger partial charge in [-0.05, 0) is 23.6 Å². The van der Waals surface area contributed by atoms with Crippen LogP contribution in [0.15, 0.2) is 91.0 Å². The second-order valence-electron chi connectivity index (χ2n) is 10.0. The monoisotopic (exact) mass is 562 g/mol. The first-order valence-corrected chi connectivity index (χ1v) is 13.8. The van der Waals surface area contributed by atoms with E-state index in [1.165, 1.54) is 14.0 Å². The third-order valence-corrected chi connectivity index (χ3v) is 7.04. The number of methoxy groups -OCH3 is 1. The molecule has 8 heteroatoms. The molecule has 41 heavy (non-hydrogen) atoms. The Bertz CT molecular complexity index is 1200. The molecule has 0 saturated carbocycles. The predicted octanol–water partition coefficient (Wildman–Crippen LogP) is 4.88. The maximum atomic E-state index is 12.8. The van der Waals surface area contributed by atoms with E-state index >= 15 is 0 Å². The smallest absolute Gasteiger partial charge is 0.311 e. The lowest BCUT2D eigenvalue weighted by Gasteiger charge is -2.47. The highest BCUT2D eigenvalue weighted by Gasteiger charge is 2.51. The molecule has 0 radical (unpaired) electrons. The van der Waals surface area contributed by atoms with Crippen LogP contribution in [0.5, 0.6) is 0 Å². The molecule has 0 amide bonds. The van der Waals surface area contributed by atoms with Gasteiger partial charge in [-0.3, -0.25) is 9.59 Å². The Labute approximate surface area is 241 Å². The average Bonchev–Trinajstić information content (AvgIpc) is 3.01. The van der Waals surface area contributed by atoms with E-state index in [1.54, 1.807) is 6.92 Å². The van der Waals surface area contributed by atoms with E-state index in [0.29, 0.717) is 0 Å². The van der Waals surface area contributed by atoms with Crippen LogP contribution < -0.4 is 0 Å². The molecule has 4 rings (SSSR count). The lowest BCUT2D eigenvalue weighted by molar-refractivity contribution is -0.278. The van der Waals surface area contributed by atoms with Crippen molar-refractivity contribution in [1.29, 1.82) is 0 Å². The average molecular weight is 563 g/mol. The van der Waals surface area contributed by atoms with Gasteiger partial charge in [0.25, 0.3) is 0 Å². The maximum Gasteiger partial charge on any atom is 0.311 e. The summed E-state index contributed by atoms with van der Waals surface area (Å²) in [6, 6.07) is 29.3. The quantitative estimate of drug-likeness (QED) is 0.272. The summed E-state index contributed by atoms with van der Waals surface area (Å²) in [4.78, 5) is 24.6. The Morgan fingerprint density at radius 2 is 1.15 bits per heavy atom. The summed E-state index contributed by atoms with van der Waals surface area (Å²) >= 11 is 0. The van der Waals surface area contributed by atoms with Crippen molar-refractivity contribution in [1.82, 2.24) is 0 Å². The number of ether oxygens (including phenoxy) is 6. The van der Waals surface area contributed by atoms with Gasteiger partial charge in [-0.25, -0.2) is 0 Å². The molecule has 1 aliphatic rings. The van der Waals surface area contributed by atoms with Crippen LogP contribution in [0, 0.1) is 5.92 Å². The largest absolute Gasteiger partial charge is 0.469 e. The molecule has 218 valence electrons. The molecule has 1 heterocycles. The Morgan fingerprint density at radius 3 is 1.59 bits per heavy atom. The summed E-state index contributed by atoms with van der Waals surface area (Å²) in [5.41, 5.74) is 2.90. The fourth-order valence-electron chi connectivity index (χ4n) is 4.88. The lowest BCUT2D eigenvalue weighted by Crippen LogP contribution is -2.63. The van der Waals surface area contributed by atoms with Crippen LogP contribution in [0.2, 0.25) is 0 Å². The molecule has 3 aromatic rings. The highest BCUT2D eigenvalue weighted by atomic mass is 16.6. The SMILES string of the molecule is COC(=O)[C@@H](C)C1O[C@H](COC(C)=O)[C@@H](OCc2ccccc2)[C@H](OCc2ccccc2)[C@H]1OCc1ccccc1. The molecule has 1 unspecified atom stereocenters. The van der Waals surface area contributed by atoms with Crippen molar-refractivity contribution in [3.63, 3.8) is 0 Å². The first-order valence-electron chi connectivity index (χ1n) is 13.8. The molecule has 3 aromatic carbocycles. The number of hydrogen-bond donors (Lipinski definition) is 0. The summed E-state index contributed by atoms with van der Waals surface area (Å²) in [6.07, 6.45) is -3.54. The first-order chi connectivity index (χ1) is 20.0. The lowest BCUT2D eigenvalue weighted by atomic mass is 9.88. The maximum absolute atomic E-state index is 12.8. The van der Waals surface area contributed by atoms with Gasteiger partial charge in [-0.1, -0.05) is 91.0 Å². The van der Waals surface area contributed by atoms with Gasteiger partial charge in [0, 0.05) is 6.92 Å². The third-order valence-electron chi connectivity index (χ3n) is 7.04. The van der Waals surface area contributed by atoms with Gasteiger partial charge < -0.3 is 28.4 Å². The van der Waals surface area contributed by atoms with Crippen LogP contribution in [0.1, 0.15) is 30.5 Å². The first kappa shape index (κ1) is 30.4. The zero-order chi connectivity index (χ0) is 29.0. The van der Waals surface area contributed by atoms with E-state index in [9.17, 15) is 9.59 Å². The molecule has 0 aromatic heterocycles. The number of hydrogen-bond acceptors (Lipinski definition) is 8. The van der Waals surface area contributed by atoms with E-state index in [0.717, 1.165) is 16.7 Å². The van der Waals surface area contributed by atoms with E-state index in [4.69, 9.17) is 28.4 Å². The molecule has 6 atom stereocenters. The van der Waals surface area contributed by atoms with Gasteiger partial charge in [0.1, 0.15) is 37.1 Å². The zero-order valence-electron chi connectivity index (χ0n) is 23.7. The molecule has 8 nitrogen and oxygen atoms in total. The van der Waals surface area contributed by atoms with Gasteiger partial charge in [-0.15, -0.1) is 0 Å². The molecule has 1 saturated heterocycles. The topological polar surface area (TPSA) is 89.5 Å². The van der Waals surface area contributed by atoms with Crippen LogP contribution in [0.25, 0.3) is 0 Å². The number of benzene rings is 3. The number of rotatable bonds is 13. The van der Waals surface area contributed by atoms with Crippen molar-refractivity contribution < 1.29 is 38.0 Å². The summed E-state index contributed by atoms with van der Waals surface area (Å²) < 4.78 is 36.5. The van der Waals surface area contributed by atoms with Crippen molar-refractivity contribution in [2.45, 2.75) is 64.2 Å². The second-order valence-corrected chi connectivity index (χ2v) is 10.0. The van der Waals surface area contributed by atoms with E-state index in [-0.39, 0.29) is 26.4 Å². The molecule has 0 aliphatic carbocycles. The van der Waals surface area contributed by atoms with E-state index in [2.05, 4.69) is 0 Å². The predicted molar refractivity (Wildman–Crippen MR) is 152 cm³/mol. The molecule has 1 aliphatic heterocycles. The summed E-state index contributed by atoms with van der Waals surface area (Å²) in [5.74, 6) is -1.59. The van der Waals surface area contributed by atoms with Crippen molar-refractivity contribution >= 4 is 11.9 Å². The van der Waals surface area contributed by atoms with E-state index in [1.807, 2.05) is 91.0 Å². The van der Waals surface area contributed by atoms with Crippen molar-refractivity contribution in [3.8, 4) is 0 Å². The summed E-state index contributed by atoms with van der Waals surface area (Å²) in [6.45, 7) is 3.82. The molecular weight excluding hydrogens is 524 g/mol. The van der Waals surface area contributed by atoms with Gasteiger partial charge in [0.05, 0.1) is 32.8 Å². The summed E-state index contributed by atoms with van der Waals surface area (Å²) in [5, 5.41) is 0. The highest BCUT2D eigenvalue weighted by molar-refractivity contribution is 5.72. The van der Waals surface area contributed by atoms with Crippen LogP contribution in [-0.4, -0.2) is 56.2 Å². The zero-order valence-corrected chi connectivity index (χ0v) is 23.7. The van der Waals surface area contributed by atoms with Gasteiger partial charge in [-0.2, -0.15) is 0 Å². The van der Waals surface area contributed by atoms with E-state index < -0.39 is 48.4 Å². The number of carbonyl (C=O) groups is 2. The highest BCUT2D eigenvalue weighted by Crippen LogP contribution is 2.34. The Kier molecular flexibility index (Phi) is 11.5. The molecule has 1 fully saturated rings. The van der Waals surface area contributed by atoms with Crippen LogP contribution >= 0.6 is 0 Å². The van der Waals surface area contributed by atoms with Crippen molar-refractivity contribution in [2.75, 3.05) is 13.7 Å². The second kappa shape index (κ2) is 15.4. The van der Waals surface area contributed by atoms with Gasteiger partial charge >= 0.3 is 11.9 Å².